The Kier molecular flexibility index (Phi) is 8.72. The number of aromatic nitrogens is 1. The minimum atomic E-state index is -0.239. The number of carbonyl (C=O) groups excluding carboxylic acids is 3. The summed E-state index contributed by atoms with van der Waals surface area (Å²) < 4.78 is 5.55. The van der Waals surface area contributed by atoms with Crippen molar-refractivity contribution in [2.45, 2.75) is 25.7 Å². The van der Waals surface area contributed by atoms with Crippen LogP contribution in [0.1, 0.15) is 54.4 Å². The first-order valence-electron chi connectivity index (χ1n) is 16.9. The number of benzene rings is 3. The van der Waals surface area contributed by atoms with E-state index in [2.05, 4.69) is 15.2 Å². The molecule has 2 aromatic heterocycles. The molecular formula is C40H35ClN4O4S. The predicted octanol–water partition coefficient (Wildman–Crippen LogP) is 7.96. The summed E-state index contributed by atoms with van der Waals surface area (Å²) in [5, 5.41) is 3.59. The van der Waals surface area contributed by atoms with Gasteiger partial charge in [0.1, 0.15) is 5.82 Å². The minimum absolute atomic E-state index is 0.0254. The van der Waals surface area contributed by atoms with E-state index in [-0.39, 0.29) is 29.4 Å². The fourth-order valence-electron chi connectivity index (χ4n) is 7.26. The number of Topliss-reactive ketones (excluding diaryl/α,β-unsaturated/α-hetero) is 1. The maximum absolute atomic E-state index is 14.0. The van der Waals surface area contributed by atoms with Crippen molar-refractivity contribution in [2.75, 3.05) is 48.0 Å². The van der Waals surface area contributed by atoms with E-state index in [4.69, 9.17) is 16.3 Å². The van der Waals surface area contributed by atoms with Gasteiger partial charge in [-0.2, -0.15) is 0 Å². The third-order valence-electron chi connectivity index (χ3n) is 10.0. The molecule has 0 aliphatic carbocycles. The maximum atomic E-state index is 14.0. The Morgan fingerprint density at radius 1 is 0.920 bits per heavy atom. The van der Waals surface area contributed by atoms with Gasteiger partial charge in [0.25, 0.3) is 11.8 Å². The predicted molar refractivity (Wildman–Crippen MR) is 198 cm³/mol. The van der Waals surface area contributed by atoms with E-state index in [0.717, 1.165) is 66.4 Å². The van der Waals surface area contributed by atoms with Crippen LogP contribution in [0.2, 0.25) is 5.02 Å². The average molecular weight is 703 g/mol. The van der Waals surface area contributed by atoms with E-state index in [1.807, 2.05) is 48.5 Å². The number of ether oxygens (including phenoxy) is 1. The number of para-hydroxylation sites is 1. The second kappa shape index (κ2) is 13.5. The summed E-state index contributed by atoms with van der Waals surface area (Å²) in [6.45, 7) is 3.79. The number of carbonyl (C=O) groups is 3. The Hall–Kier alpha value is -4.83. The van der Waals surface area contributed by atoms with Crippen LogP contribution in [0.25, 0.3) is 10.4 Å². The molecule has 3 aliphatic rings. The molecule has 2 saturated heterocycles. The van der Waals surface area contributed by atoms with Crippen LogP contribution in [0.15, 0.2) is 97.2 Å². The summed E-state index contributed by atoms with van der Waals surface area (Å²) in [5.74, 6) is 0.351. The van der Waals surface area contributed by atoms with Crippen LogP contribution < -0.4 is 15.1 Å². The number of anilines is 3. The lowest BCUT2D eigenvalue weighted by Gasteiger charge is -2.53. The number of hydrogen-bond acceptors (Lipinski definition) is 7. The van der Waals surface area contributed by atoms with Crippen molar-refractivity contribution >= 4 is 57.7 Å². The SMILES string of the molecule is O=C(Cc1ccccc1Cl)c1cc2c(s1)-c1ccccc1N(C(=O)c1ccc(NC(=O)c3cccnc3N3CC4(CCOCC4)C3)cc1)CC2. The Labute approximate surface area is 299 Å². The van der Waals surface area contributed by atoms with E-state index in [1.54, 1.807) is 53.6 Å². The van der Waals surface area contributed by atoms with Crippen molar-refractivity contribution < 1.29 is 19.1 Å². The molecule has 5 aromatic rings. The normalized spacial score (nSPS) is 16.2. The molecule has 252 valence electrons. The molecule has 0 radical (unpaired) electrons. The fourth-order valence-corrected chi connectivity index (χ4v) is 8.64. The number of nitrogens with zero attached hydrogens (tertiary/aromatic N) is 3. The summed E-state index contributed by atoms with van der Waals surface area (Å²) in [6.07, 6.45) is 4.64. The number of rotatable bonds is 7. The summed E-state index contributed by atoms with van der Waals surface area (Å²) >= 11 is 7.80. The third kappa shape index (κ3) is 6.21. The van der Waals surface area contributed by atoms with E-state index in [0.29, 0.717) is 45.5 Å². The first kappa shape index (κ1) is 32.4. The molecule has 10 heteroatoms. The maximum Gasteiger partial charge on any atom is 0.259 e. The van der Waals surface area contributed by atoms with Crippen LogP contribution in [0.3, 0.4) is 0 Å². The molecule has 3 aromatic carbocycles. The van der Waals surface area contributed by atoms with Crippen molar-refractivity contribution in [3.63, 3.8) is 0 Å². The Bertz CT molecular complexity index is 2100. The fraction of sp³-hybridized carbons (Fsp3) is 0.250. The van der Waals surface area contributed by atoms with Gasteiger partial charge in [0.2, 0.25) is 0 Å². The minimum Gasteiger partial charge on any atom is -0.381 e. The summed E-state index contributed by atoms with van der Waals surface area (Å²) in [5.41, 5.74) is 5.48. The number of halogens is 1. The van der Waals surface area contributed by atoms with Gasteiger partial charge in [0.15, 0.2) is 5.78 Å². The molecular weight excluding hydrogens is 668 g/mol. The Morgan fingerprint density at radius 2 is 1.68 bits per heavy atom. The van der Waals surface area contributed by atoms with Gasteiger partial charge in [-0.15, -0.1) is 11.3 Å². The number of nitrogens with one attached hydrogen (secondary N) is 1. The van der Waals surface area contributed by atoms with E-state index >= 15 is 0 Å². The van der Waals surface area contributed by atoms with Gasteiger partial charge in [-0.1, -0.05) is 48.0 Å². The number of fused-ring (bicyclic) bond motifs is 3. The van der Waals surface area contributed by atoms with Crippen molar-refractivity contribution in [2.24, 2.45) is 5.41 Å². The Morgan fingerprint density at radius 3 is 2.48 bits per heavy atom. The number of thiophene rings is 1. The van der Waals surface area contributed by atoms with Crippen LogP contribution in [-0.4, -0.2) is 55.4 Å². The van der Waals surface area contributed by atoms with Crippen LogP contribution in [0, 0.1) is 5.41 Å². The molecule has 8 nitrogen and oxygen atoms in total. The molecule has 0 atom stereocenters. The Balaban J connectivity index is 0.966. The molecule has 0 saturated carbocycles. The highest BCUT2D eigenvalue weighted by Crippen LogP contribution is 2.43. The van der Waals surface area contributed by atoms with Crippen LogP contribution in [0.4, 0.5) is 17.2 Å². The molecule has 5 heterocycles. The first-order valence-corrected chi connectivity index (χ1v) is 18.1. The number of ketones is 1. The number of hydrogen-bond donors (Lipinski definition) is 1. The lowest BCUT2D eigenvalue weighted by atomic mass is 9.73. The second-order valence-electron chi connectivity index (χ2n) is 13.3. The number of amides is 2. The molecule has 1 N–H and O–H groups in total. The van der Waals surface area contributed by atoms with Gasteiger partial charge in [-0.05, 0) is 85.0 Å². The monoisotopic (exact) mass is 702 g/mol. The van der Waals surface area contributed by atoms with Gasteiger partial charge in [-0.25, -0.2) is 4.98 Å². The highest BCUT2D eigenvalue weighted by atomic mass is 35.5. The molecule has 2 fully saturated rings. The molecule has 50 heavy (non-hydrogen) atoms. The molecule has 8 rings (SSSR count). The van der Waals surface area contributed by atoms with Gasteiger partial charge < -0.3 is 19.9 Å². The zero-order chi connectivity index (χ0) is 34.2. The lowest BCUT2D eigenvalue weighted by molar-refractivity contribution is -0.000510. The lowest BCUT2D eigenvalue weighted by Crippen LogP contribution is -2.59. The standard InChI is InChI=1S/C40H35ClN4O4S/c41-32-9-3-1-6-27(32)22-34(46)35-23-28-15-19-45(33-10-4-2-7-30(33)36(28)50-35)39(48)26-11-13-29(14-12-26)43-38(47)31-8-5-18-42-37(31)44-24-40(25-44)16-20-49-21-17-40/h1-14,18,23H,15-17,19-22,24-25H2,(H,43,47). The summed E-state index contributed by atoms with van der Waals surface area (Å²) in [6, 6.07) is 27.8. The molecule has 0 bridgehead atoms. The number of pyridine rings is 1. The molecule has 0 unspecified atom stereocenters. The van der Waals surface area contributed by atoms with Crippen molar-refractivity contribution in [3.8, 4) is 10.4 Å². The van der Waals surface area contributed by atoms with Crippen molar-refractivity contribution in [1.82, 2.24) is 4.98 Å². The quantitative estimate of drug-likeness (QED) is 0.173. The van der Waals surface area contributed by atoms with Crippen LogP contribution in [-0.2, 0) is 17.6 Å². The molecule has 2 amide bonds. The average Bonchev–Trinajstić information content (AvgIpc) is 3.50. The third-order valence-corrected chi connectivity index (χ3v) is 11.6. The van der Waals surface area contributed by atoms with Gasteiger partial charge in [-0.3, -0.25) is 14.4 Å². The van der Waals surface area contributed by atoms with Crippen LogP contribution >= 0.6 is 22.9 Å². The van der Waals surface area contributed by atoms with Crippen molar-refractivity contribution in [1.29, 1.82) is 0 Å². The smallest absolute Gasteiger partial charge is 0.259 e. The highest BCUT2D eigenvalue weighted by molar-refractivity contribution is 7.17. The molecule has 1 spiro atoms. The van der Waals surface area contributed by atoms with Gasteiger partial charge >= 0.3 is 0 Å². The van der Waals surface area contributed by atoms with E-state index < -0.39 is 0 Å². The summed E-state index contributed by atoms with van der Waals surface area (Å²) in [4.78, 5) is 51.0. The van der Waals surface area contributed by atoms with Crippen molar-refractivity contribution in [3.05, 3.63) is 129 Å². The van der Waals surface area contributed by atoms with E-state index in [1.165, 1.54) is 11.3 Å². The van der Waals surface area contributed by atoms with Gasteiger partial charge in [0.05, 0.1) is 16.1 Å². The van der Waals surface area contributed by atoms with E-state index in [9.17, 15) is 14.4 Å². The second-order valence-corrected chi connectivity index (χ2v) is 14.7. The zero-order valence-corrected chi connectivity index (χ0v) is 28.9. The van der Waals surface area contributed by atoms with Gasteiger partial charge in [0, 0.05) is 77.6 Å². The topological polar surface area (TPSA) is 91.8 Å². The highest BCUT2D eigenvalue weighted by Gasteiger charge is 2.45. The largest absolute Gasteiger partial charge is 0.381 e. The molecule has 3 aliphatic heterocycles. The first-order chi connectivity index (χ1) is 24.4. The summed E-state index contributed by atoms with van der Waals surface area (Å²) in [7, 11) is 0. The zero-order valence-electron chi connectivity index (χ0n) is 27.4. The van der Waals surface area contributed by atoms with Crippen LogP contribution in [0.5, 0.6) is 0 Å².